The lowest BCUT2D eigenvalue weighted by atomic mass is 10.2. The minimum atomic E-state index is 0.0765. The zero-order chi connectivity index (χ0) is 13.5. The van der Waals surface area contributed by atoms with Crippen molar-refractivity contribution in [3.63, 3.8) is 0 Å². The van der Waals surface area contributed by atoms with Crippen molar-refractivity contribution in [1.82, 2.24) is 5.32 Å². The van der Waals surface area contributed by atoms with Crippen molar-refractivity contribution in [2.75, 3.05) is 36.4 Å². The summed E-state index contributed by atoms with van der Waals surface area (Å²) in [5.41, 5.74) is 2.09. The zero-order valence-corrected chi connectivity index (χ0v) is 11.6. The number of para-hydroxylation sites is 2. The summed E-state index contributed by atoms with van der Waals surface area (Å²) in [6.07, 6.45) is 2.99. The molecule has 0 saturated carbocycles. The molecule has 1 heterocycles. The summed E-state index contributed by atoms with van der Waals surface area (Å²) < 4.78 is 0. The third-order valence-electron chi connectivity index (χ3n) is 3.40. The van der Waals surface area contributed by atoms with Crippen molar-refractivity contribution < 1.29 is 4.79 Å². The maximum Gasteiger partial charge on any atom is 0.225 e. The van der Waals surface area contributed by atoms with Crippen molar-refractivity contribution in [1.29, 1.82) is 0 Å². The Kier molecular flexibility index (Phi) is 5.21. The Morgan fingerprint density at radius 3 is 2.74 bits per heavy atom. The van der Waals surface area contributed by atoms with Gasteiger partial charge in [-0.15, -0.1) is 0 Å². The minimum Gasteiger partial charge on any atom is -0.370 e. The number of rotatable bonds is 6. The predicted molar refractivity (Wildman–Crippen MR) is 79.7 cm³/mol. The highest BCUT2D eigenvalue weighted by Crippen LogP contribution is 2.28. The van der Waals surface area contributed by atoms with Gasteiger partial charge in [0, 0.05) is 26.1 Å². The standard InChI is InChI=1S/C15H23N3O/c1-2-16-10-9-15(19)17-13-7-3-4-8-14(13)18-11-5-6-12-18/h3-4,7-8,16H,2,5-6,9-12H2,1H3,(H,17,19). The first-order valence-corrected chi connectivity index (χ1v) is 7.16. The Morgan fingerprint density at radius 2 is 2.00 bits per heavy atom. The summed E-state index contributed by atoms with van der Waals surface area (Å²) in [6, 6.07) is 8.07. The van der Waals surface area contributed by atoms with Gasteiger partial charge in [-0.25, -0.2) is 0 Å². The molecular formula is C15H23N3O. The highest BCUT2D eigenvalue weighted by Gasteiger charge is 2.16. The van der Waals surface area contributed by atoms with Crippen LogP contribution in [0.25, 0.3) is 0 Å². The zero-order valence-electron chi connectivity index (χ0n) is 11.6. The average Bonchev–Trinajstić information content (AvgIpc) is 2.93. The lowest BCUT2D eigenvalue weighted by molar-refractivity contribution is -0.116. The molecule has 0 spiro atoms. The Balaban J connectivity index is 1.97. The summed E-state index contributed by atoms with van der Waals surface area (Å²) in [7, 11) is 0. The quantitative estimate of drug-likeness (QED) is 0.772. The molecular weight excluding hydrogens is 238 g/mol. The normalized spacial score (nSPS) is 14.7. The summed E-state index contributed by atoms with van der Waals surface area (Å²) >= 11 is 0. The van der Waals surface area contributed by atoms with Crippen molar-refractivity contribution in [3.05, 3.63) is 24.3 Å². The van der Waals surface area contributed by atoms with Gasteiger partial charge in [0.1, 0.15) is 0 Å². The van der Waals surface area contributed by atoms with Crippen LogP contribution in [0.1, 0.15) is 26.2 Å². The molecule has 2 N–H and O–H groups in total. The average molecular weight is 261 g/mol. The van der Waals surface area contributed by atoms with Gasteiger partial charge in [-0.05, 0) is 31.5 Å². The van der Waals surface area contributed by atoms with E-state index in [0.717, 1.165) is 37.6 Å². The maximum atomic E-state index is 11.9. The van der Waals surface area contributed by atoms with Crippen LogP contribution in [0.4, 0.5) is 11.4 Å². The number of benzene rings is 1. The van der Waals surface area contributed by atoms with Crippen molar-refractivity contribution >= 4 is 17.3 Å². The second kappa shape index (κ2) is 7.14. The molecule has 4 heteroatoms. The highest BCUT2D eigenvalue weighted by atomic mass is 16.1. The van der Waals surface area contributed by atoms with Gasteiger partial charge in [0.15, 0.2) is 0 Å². The van der Waals surface area contributed by atoms with Crippen molar-refractivity contribution in [2.45, 2.75) is 26.2 Å². The van der Waals surface area contributed by atoms with Crippen LogP contribution in [0.5, 0.6) is 0 Å². The number of nitrogens with one attached hydrogen (secondary N) is 2. The largest absolute Gasteiger partial charge is 0.370 e. The van der Waals surface area contributed by atoms with Crippen molar-refractivity contribution in [2.24, 2.45) is 0 Å². The van der Waals surface area contributed by atoms with Gasteiger partial charge in [-0.3, -0.25) is 4.79 Å². The van der Waals surface area contributed by atoms with Gasteiger partial charge >= 0.3 is 0 Å². The molecule has 1 aromatic rings. The number of nitrogens with zero attached hydrogens (tertiary/aromatic N) is 1. The van der Waals surface area contributed by atoms with Gasteiger partial charge in [0.2, 0.25) is 5.91 Å². The molecule has 19 heavy (non-hydrogen) atoms. The highest BCUT2D eigenvalue weighted by molar-refractivity contribution is 5.94. The molecule has 0 atom stereocenters. The Morgan fingerprint density at radius 1 is 1.26 bits per heavy atom. The van der Waals surface area contributed by atoms with E-state index in [0.29, 0.717) is 6.42 Å². The Labute approximate surface area is 115 Å². The number of anilines is 2. The van der Waals surface area contributed by atoms with Gasteiger partial charge in [0.05, 0.1) is 11.4 Å². The lowest BCUT2D eigenvalue weighted by Crippen LogP contribution is -2.23. The van der Waals surface area contributed by atoms with Crippen LogP contribution in [0, 0.1) is 0 Å². The summed E-state index contributed by atoms with van der Waals surface area (Å²) in [5, 5.41) is 6.19. The lowest BCUT2D eigenvalue weighted by Gasteiger charge is -2.21. The number of hydrogen-bond donors (Lipinski definition) is 2. The van der Waals surface area contributed by atoms with E-state index in [4.69, 9.17) is 0 Å². The monoisotopic (exact) mass is 261 g/mol. The molecule has 1 aliphatic rings. The van der Waals surface area contributed by atoms with Crippen LogP contribution >= 0.6 is 0 Å². The van der Waals surface area contributed by atoms with E-state index >= 15 is 0 Å². The molecule has 0 radical (unpaired) electrons. The summed E-state index contributed by atoms with van der Waals surface area (Å²) in [4.78, 5) is 14.2. The van der Waals surface area contributed by atoms with E-state index in [9.17, 15) is 4.79 Å². The SMILES string of the molecule is CCNCCC(=O)Nc1ccccc1N1CCCC1. The van der Waals surface area contributed by atoms with E-state index in [2.05, 4.69) is 21.6 Å². The van der Waals surface area contributed by atoms with E-state index in [-0.39, 0.29) is 5.91 Å². The first-order valence-electron chi connectivity index (χ1n) is 7.16. The molecule has 1 saturated heterocycles. The fourth-order valence-electron chi connectivity index (χ4n) is 2.40. The molecule has 0 aliphatic carbocycles. The van der Waals surface area contributed by atoms with Gasteiger partial charge in [0.25, 0.3) is 0 Å². The molecule has 0 aromatic heterocycles. The predicted octanol–water partition coefficient (Wildman–Crippen LogP) is 2.22. The summed E-state index contributed by atoms with van der Waals surface area (Å²) in [5.74, 6) is 0.0765. The number of carbonyl (C=O) groups excluding carboxylic acids is 1. The third kappa shape index (κ3) is 3.96. The number of hydrogen-bond acceptors (Lipinski definition) is 3. The molecule has 4 nitrogen and oxygen atoms in total. The van der Waals surface area contributed by atoms with Crippen LogP contribution in [-0.4, -0.2) is 32.1 Å². The van der Waals surface area contributed by atoms with E-state index < -0.39 is 0 Å². The fraction of sp³-hybridized carbons (Fsp3) is 0.533. The fourth-order valence-corrected chi connectivity index (χ4v) is 2.40. The second-order valence-corrected chi connectivity index (χ2v) is 4.86. The molecule has 0 unspecified atom stereocenters. The number of amides is 1. The first-order chi connectivity index (χ1) is 9.31. The third-order valence-corrected chi connectivity index (χ3v) is 3.40. The van der Waals surface area contributed by atoms with Gasteiger partial charge < -0.3 is 15.5 Å². The Hall–Kier alpha value is -1.55. The topological polar surface area (TPSA) is 44.4 Å². The first kappa shape index (κ1) is 13.9. The summed E-state index contributed by atoms with van der Waals surface area (Å²) in [6.45, 7) is 5.85. The van der Waals surface area contributed by atoms with Crippen molar-refractivity contribution in [3.8, 4) is 0 Å². The van der Waals surface area contributed by atoms with Crippen LogP contribution in [-0.2, 0) is 4.79 Å². The molecule has 1 fully saturated rings. The van der Waals surface area contributed by atoms with Crippen LogP contribution in [0.15, 0.2) is 24.3 Å². The Bertz CT molecular complexity index is 414. The smallest absolute Gasteiger partial charge is 0.225 e. The molecule has 1 aliphatic heterocycles. The van der Waals surface area contributed by atoms with Crippen LogP contribution < -0.4 is 15.5 Å². The minimum absolute atomic E-state index is 0.0765. The maximum absolute atomic E-state index is 11.9. The second-order valence-electron chi connectivity index (χ2n) is 4.86. The van der Waals surface area contributed by atoms with E-state index in [1.165, 1.54) is 12.8 Å². The molecule has 1 amide bonds. The van der Waals surface area contributed by atoms with Gasteiger partial charge in [-0.1, -0.05) is 19.1 Å². The molecule has 2 rings (SSSR count). The van der Waals surface area contributed by atoms with Crippen LogP contribution in [0.3, 0.4) is 0 Å². The van der Waals surface area contributed by atoms with Gasteiger partial charge in [-0.2, -0.15) is 0 Å². The molecule has 0 bridgehead atoms. The number of carbonyl (C=O) groups is 1. The molecule has 104 valence electrons. The van der Waals surface area contributed by atoms with Crippen LogP contribution in [0.2, 0.25) is 0 Å². The molecule has 1 aromatic carbocycles. The van der Waals surface area contributed by atoms with E-state index in [1.807, 2.05) is 25.1 Å². The van der Waals surface area contributed by atoms with E-state index in [1.54, 1.807) is 0 Å².